The predicted molar refractivity (Wildman–Crippen MR) is 71.9 cm³/mol. The molecule has 0 heterocycles. The number of carboxylic acid groups (broad SMARTS) is 1. The minimum atomic E-state index is -3.90. The molecule has 0 saturated carbocycles. The van der Waals surface area contributed by atoms with Gasteiger partial charge in [-0.25, -0.2) is 13.2 Å². The molecular weight excluding hydrogens is 288 g/mol. The van der Waals surface area contributed by atoms with Gasteiger partial charge >= 0.3 is 5.97 Å². The summed E-state index contributed by atoms with van der Waals surface area (Å²) in [7, 11) is 1.38. The van der Waals surface area contributed by atoms with Gasteiger partial charge in [-0.2, -0.15) is 0 Å². The van der Waals surface area contributed by atoms with Crippen molar-refractivity contribution < 1.29 is 18.3 Å². The maximum absolute atomic E-state index is 11.3. The zero-order valence-electron chi connectivity index (χ0n) is 9.58. The van der Waals surface area contributed by atoms with Gasteiger partial charge in [0.05, 0.1) is 10.5 Å². The molecule has 0 bridgehead atoms. The molecule has 0 atom stereocenters. The number of benzene rings is 2. The van der Waals surface area contributed by atoms with E-state index in [-0.39, 0.29) is 10.5 Å². The van der Waals surface area contributed by atoms with E-state index in [2.05, 4.69) is 0 Å². The number of carboxylic acids is 1. The van der Waals surface area contributed by atoms with Gasteiger partial charge in [-0.1, -0.05) is 30.3 Å². The summed E-state index contributed by atoms with van der Waals surface area (Å²) in [4.78, 5) is 11.0. The summed E-state index contributed by atoms with van der Waals surface area (Å²) in [6.07, 6.45) is 0. The van der Waals surface area contributed by atoms with E-state index in [0.29, 0.717) is 11.1 Å². The van der Waals surface area contributed by atoms with Crippen LogP contribution in [0.5, 0.6) is 0 Å². The molecule has 1 N–H and O–H groups in total. The standard InChI is InChI=1S/C13H9ClO4S/c14-19(17,18)10-6-7-11(13(15)16)12(8-10)9-4-2-1-3-5-9/h1-8H,(H,15,16). The molecule has 98 valence electrons. The molecule has 0 amide bonds. The second-order valence-corrected chi connectivity index (χ2v) is 6.38. The Labute approximate surface area is 114 Å². The van der Waals surface area contributed by atoms with Crippen LogP contribution < -0.4 is 0 Å². The van der Waals surface area contributed by atoms with Crippen molar-refractivity contribution in [2.45, 2.75) is 4.90 Å². The van der Waals surface area contributed by atoms with Crippen LogP contribution in [0.1, 0.15) is 10.4 Å². The van der Waals surface area contributed by atoms with Crippen LogP contribution in [0.2, 0.25) is 0 Å². The van der Waals surface area contributed by atoms with E-state index in [4.69, 9.17) is 15.8 Å². The van der Waals surface area contributed by atoms with Crippen molar-refractivity contribution in [3.05, 3.63) is 54.1 Å². The third-order valence-corrected chi connectivity index (χ3v) is 3.94. The lowest BCUT2D eigenvalue weighted by Crippen LogP contribution is -2.01. The molecule has 6 heteroatoms. The minimum Gasteiger partial charge on any atom is -0.478 e. The fourth-order valence-electron chi connectivity index (χ4n) is 1.72. The lowest BCUT2D eigenvalue weighted by Gasteiger charge is -2.08. The molecule has 0 aliphatic rings. The number of aromatic carboxylic acids is 1. The molecule has 19 heavy (non-hydrogen) atoms. The van der Waals surface area contributed by atoms with E-state index in [1.54, 1.807) is 30.3 Å². The normalized spacial score (nSPS) is 11.2. The average Bonchev–Trinajstić information content (AvgIpc) is 2.38. The van der Waals surface area contributed by atoms with Gasteiger partial charge in [-0.15, -0.1) is 0 Å². The van der Waals surface area contributed by atoms with Crippen LogP contribution in [0.15, 0.2) is 53.4 Å². The molecule has 2 aromatic rings. The SMILES string of the molecule is O=C(O)c1ccc(S(=O)(=O)Cl)cc1-c1ccccc1. The zero-order valence-corrected chi connectivity index (χ0v) is 11.1. The third-order valence-electron chi connectivity index (χ3n) is 2.59. The average molecular weight is 297 g/mol. The number of carbonyl (C=O) groups is 1. The van der Waals surface area contributed by atoms with E-state index < -0.39 is 15.0 Å². The zero-order chi connectivity index (χ0) is 14.0. The summed E-state index contributed by atoms with van der Waals surface area (Å²) < 4.78 is 22.6. The summed E-state index contributed by atoms with van der Waals surface area (Å²) >= 11 is 0. The Morgan fingerprint density at radius 3 is 2.21 bits per heavy atom. The minimum absolute atomic E-state index is 0.0234. The first kappa shape index (κ1) is 13.6. The predicted octanol–water partition coefficient (Wildman–Crippen LogP) is 2.98. The monoisotopic (exact) mass is 296 g/mol. The van der Waals surface area contributed by atoms with Crippen molar-refractivity contribution in [3.63, 3.8) is 0 Å². The second-order valence-electron chi connectivity index (χ2n) is 3.82. The van der Waals surface area contributed by atoms with Gasteiger partial charge in [0.2, 0.25) is 0 Å². The van der Waals surface area contributed by atoms with Crippen LogP contribution in [0.4, 0.5) is 0 Å². The van der Waals surface area contributed by atoms with Gasteiger partial charge in [-0.3, -0.25) is 0 Å². The summed E-state index contributed by atoms with van der Waals surface area (Å²) in [6, 6.07) is 12.3. The summed E-state index contributed by atoms with van der Waals surface area (Å²) in [5, 5.41) is 9.14. The first-order valence-electron chi connectivity index (χ1n) is 5.27. The van der Waals surface area contributed by atoms with Crippen LogP contribution in [-0.4, -0.2) is 19.5 Å². The Balaban J connectivity index is 2.72. The molecule has 0 fully saturated rings. The summed E-state index contributed by atoms with van der Waals surface area (Å²) in [5.74, 6) is -1.13. The highest BCUT2D eigenvalue weighted by molar-refractivity contribution is 8.13. The second kappa shape index (κ2) is 5.03. The first-order chi connectivity index (χ1) is 8.89. The highest BCUT2D eigenvalue weighted by Gasteiger charge is 2.17. The summed E-state index contributed by atoms with van der Waals surface area (Å²) in [5.41, 5.74) is 0.951. The molecule has 0 unspecified atom stereocenters. The molecular formula is C13H9ClO4S. The van der Waals surface area contributed by atoms with Crippen LogP contribution in [0.3, 0.4) is 0 Å². The van der Waals surface area contributed by atoms with Crippen LogP contribution >= 0.6 is 10.7 Å². The van der Waals surface area contributed by atoms with Crippen molar-refractivity contribution in [1.29, 1.82) is 0 Å². The smallest absolute Gasteiger partial charge is 0.336 e. The fraction of sp³-hybridized carbons (Fsp3) is 0. The quantitative estimate of drug-likeness (QED) is 0.884. The largest absolute Gasteiger partial charge is 0.478 e. The Morgan fingerprint density at radius 1 is 1.05 bits per heavy atom. The molecule has 0 saturated heterocycles. The van der Waals surface area contributed by atoms with E-state index >= 15 is 0 Å². The molecule has 0 aromatic heterocycles. The lowest BCUT2D eigenvalue weighted by atomic mass is 10.00. The van der Waals surface area contributed by atoms with E-state index in [1.807, 2.05) is 0 Å². The Kier molecular flexibility index (Phi) is 3.59. The fourth-order valence-corrected chi connectivity index (χ4v) is 2.50. The Bertz CT molecular complexity index is 724. The Morgan fingerprint density at radius 2 is 1.68 bits per heavy atom. The molecule has 4 nitrogen and oxygen atoms in total. The van der Waals surface area contributed by atoms with Gasteiger partial charge in [0.15, 0.2) is 0 Å². The van der Waals surface area contributed by atoms with Crippen molar-refractivity contribution in [3.8, 4) is 11.1 Å². The molecule has 0 aliphatic heterocycles. The van der Waals surface area contributed by atoms with Crippen LogP contribution in [-0.2, 0) is 9.05 Å². The van der Waals surface area contributed by atoms with Gasteiger partial charge in [0.25, 0.3) is 9.05 Å². The van der Waals surface area contributed by atoms with Gasteiger partial charge in [0, 0.05) is 10.7 Å². The van der Waals surface area contributed by atoms with Crippen molar-refractivity contribution in [2.24, 2.45) is 0 Å². The van der Waals surface area contributed by atoms with Gasteiger partial charge in [-0.05, 0) is 29.3 Å². The topological polar surface area (TPSA) is 71.4 Å². The molecule has 0 spiro atoms. The number of rotatable bonds is 3. The highest BCUT2D eigenvalue weighted by atomic mass is 35.7. The molecule has 2 aromatic carbocycles. The maximum Gasteiger partial charge on any atom is 0.336 e. The maximum atomic E-state index is 11.3. The van der Waals surface area contributed by atoms with Crippen molar-refractivity contribution in [1.82, 2.24) is 0 Å². The van der Waals surface area contributed by atoms with Crippen LogP contribution in [0.25, 0.3) is 11.1 Å². The third kappa shape index (κ3) is 2.94. The van der Waals surface area contributed by atoms with Crippen molar-refractivity contribution in [2.75, 3.05) is 0 Å². The number of hydrogen-bond donors (Lipinski definition) is 1. The first-order valence-corrected chi connectivity index (χ1v) is 7.58. The van der Waals surface area contributed by atoms with E-state index in [0.717, 1.165) is 0 Å². The molecule has 0 aliphatic carbocycles. The van der Waals surface area contributed by atoms with Crippen LogP contribution in [0, 0.1) is 0 Å². The molecule has 2 rings (SSSR count). The molecule has 0 radical (unpaired) electrons. The van der Waals surface area contributed by atoms with E-state index in [1.165, 1.54) is 18.2 Å². The van der Waals surface area contributed by atoms with Gasteiger partial charge < -0.3 is 5.11 Å². The van der Waals surface area contributed by atoms with E-state index in [9.17, 15) is 13.2 Å². The number of halogens is 1. The summed E-state index contributed by atoms with van der Waals surface area (Å²) in [6.45, 7) is 0. The highest BCUT2D eigenvalue weighted by Crippen LogP contribution is 2.28. The lowest BCUT2D eigenvalue weighted by molar-refractivity contribution is 0.0697. The Hall–Kier alpha value is -1.85. The number of hydrogen-bond acceptors (Lipinski definition) is 3. The van der Waals surface area contributed by atoms with Gasteiger partial charge in [0.1, 0.15) is 0 Å². The van der Waals surface area contributed by atoms with Crippen molar-refractivity contribution >= 4 is 25.7 Å².